The third kappa shape index (κ3) is 8.57. The highest BCUT2D eigenvalue weighted by Gasteiger charge is 2.48. The zero-order valence-corrected chi connectivity index (χ0v) is 30.8. The molecule has 6 heteroatoms. The van der Waals surface area contributed by atoms with Gasteiger partial charge in [0.25, 0.3) is 0 Å². The number of hydrogen-bond donors (Lipinski definition) is 1. The number of carbonyl (C=O) groups is 1. The van der Waals surface area contributed by atoms with Crippen molar-refractivity contribution in [1.29, 1.82) is 0 Å². The summed E-state index contributed by atoms with van der Waals surface area (Å²) in [5.41, 5.74) is 5.32. The van der Waals surface area contributed by atoms with E-state index in [-0.39, 0.29) is 22.5 Å². The van der Waals surface area contributed by atoms with Crippen LogP contribution in [0.15, 0.2) is 78.9 Å². The number of esters is 1. The van der Waals surface area contributed by atoms with Crippen LogP contribution in [0.5, 0.6) is 5.75 Å². The van der Waals surface area contributed by atoms with Gasteiger partial charge in [-0.2, -0.15) is 0 Å². The van der Waals surface area contributed by atoms with E-state index in [1.807, 2.05) is 24.3 Å². The molecule has 2 aliphatic rings. The number of ether oxygens (including phenoxy) is 2. The van der Waals surface area contributed by atoms with Gasteiger partial charge in [-0.05, 0) is 114 Å². The fraction of sp³-hybridized carbons (Fsp3) is 0.537. The second kappa shape index (κ2) is 15.1. The molecule has 0 unspecified atom stereocenters. The first-order valence-electron chi connectivity index (χ1n) is 17.7. The molecule has 0 aromatic heterocycles. The average molecular weight is 656 g/mol. The maximum absolute atomic E-state index is 13.0. The van der Waals surface area contributed by atoms with Crippen LogP contribution in [0.4, 0.5) is 0 Å². The number of benzene rings is 3. The van der Waals surface area contributed by atoms with Gasteiger partial charge in [-0.15, -0.1) is 0 Å². The summed E-state index contributed by atoms with van der Waals surface area (Å²) in [6.45, 7) is 16.3. The van der Waals surface area contributed by atoms with E-state index in [9.17, 15) is 4.79 Å². The molecular formula is C41H57NO4Si. The van der Waals surface area contributed by atoms with Crippen molar-refractivity contribution >= 4 is 14.3 Å². The van der Waals surface area contributed by atoms with Gasteiger partial charge in [-0.25, -0.2) is 0 Å². The van der Waals surface area contributed by atoms with E-state index in [1.54, 1.807) is 0 Å². The van der Waals surface area contributed by atoms with E-state index in [4.69, 9.17) is 13.9 Å². The van der Waals surface area contributed by atoms with Crippen molar-refractivity contribution in [3.05, 3.63) is 101 Å². The Hall–Kier alpha value is -2.93. The number of rotatable bonds is 13. The molecule has 0 aliphatic heterocycles. The molecular weight excluding hydrogens is 599 g/mol. The van der Waals surface area contributed by atoms with Gasteiger partial charge < -0.3 is 19.2 Å². The van der Waals surface area contributed by atoms with Crippen LogP contribution < -0.4 is 10.1 Å². The van der Waals surface area contributed by atoms with E-state index >= 15 is 0 Å². The lowest BCUT2D eigenvalue weighted by molar-refractivity contribution is -0.143. The largest absolute Gasteiger partial charge is 0.489 e. The molecule has 254 valence electrons. The lowest BCUT2D eigenvalue weighted by Crippen LogP contribution is -2.51. The Balaban J connectivity index is 1.34. The Morgan fingerprint density at radius 2 is 1.66 bits per heavy atom. The minimum absolute atomic E-state index is 0.0388. The molecule has 0 radical (unpaired) electrons. The predicted molar refractivity (Wildman–Crippen MR) is 194 cm³/mol. The van der Waals surface area contributed by atoms with Crippen LogP contribution in [-0.4, -0.2) is 40.6 Å². The fourth-order valence-corrected chi connectivity index (χ4v) is 8.87. The maximum Gasteiger partial charge on any atom is 0.323 e. The number of hydrogen-bond acceptors (Lipinski definition) is 5. The molecule has 0 bridgehead atoms. The van der Waals surface area contributed by atoms with Gasteiger partial charge >= 0.3 is 5.97 Å². The van der Waals surface area contributed by atoms with Gasteiger partial charge in [-0.3, -0.25) is 4.79 Å². The highest BCUT2D eigenvalue weighted by molar-refractivity contribution is 6.74. The minimum Gasteiger partial charge on any atom is -0.489 e. The van der Waals surface area contributed by atoms with Crippen molar-refractivity contribution in [2.75, 3.05) is 20.3 Å². The molecule has 1 N–H and O–H groups in total. The topological polar surface area (TPSA) is 56.8 Å². The summed E-state index contributed by atoms with van der Waals surface area (Å²) >= 11 is 0. The molecule has 5 atom stereocenters. The molecule has 0 spiro atoms. The zero-order chi connectivity index (χ0) is 33.7. The molecule has 3 aromatic rings. The van der Waals surface area contributed by atoms with Gasteiger partial charge in [0.1, 0.15) is 18.4 Å². The summed E-state index contributed by atoms with van der Waals surface area (Å²) in [6, 6.07) is 27.1. The molecule has 5 nitrogen and oxygen atoms in total. The first-order valence-corrected chi connectivity index (χ1v) is 20.6. The van der Waals surface area contributed by atoms with Crippen molar-refractivity contribution in [3.63, 3.8) is 0 Å². The molecule has 1 saturated carbocycles. The van der Waals surface area contributed by atoms with Gasteiger partial charge in [0.15, 0.2) is 8.32 Å². The van der Waals surface area contributed by atoms with Crippen molar-refractivity contribution in [3.8, 4) is 5.75 Å². The van der Waals surface area contributed by atoms with Gasteiger partial charge in [0.05, 0.1) is 7.11 Å². The van der Waals surface area contributed by atoms with E-state index in [0.29, 0.717) is 30.8 Å². The molecule has 3 aromatic carbocycles. The smallest absolute Gasteiger partial charge is 0.323 e. The Morgan fingerprint density at radius 1 is 0.979 bits per heavy atom. The molecule has 0 saturated heterocycles. The summed E-state index contributed by atoms with van der Waals surface area (Å²) in [5, 5.41) is 3.90. The summed E-state index contributed by atoms with van der Waals surface area (Å²) in [6.07, 6.45) is 6.17. The van der Waals surface area contributed by atoms with Crippen LogP contribution in [0.1, 0.15) is 81.5 Å². The Kier molecular flexibility index (Phi) is 11.4. The fourth-order valence-electron chi connectivity index (χ4n) is 7.81. The van der Waals surface area contributed by atoms with Crippen LogP contribution in [0, 0.1) is 17.3 Å². The summed E-state index contributed by atoms with van der Waals surface area (Å²) < 4.78 is 18.3. The first kappa shape index (κ1) is 35.4. The molecule has 0 amide bonds. The lowest BCUT2D eigenvalue weighted by Gasteiger charge is -2.53. The Bertz CT molecular complexity index is 1450. The second-order valence-corrected chi connectivity index (χ2v) is 20.6. The SMILES string of the molecule is COC(=O)[C@H](Cc1ccccc1)NC[C@@]1(C)CC[C@@H]2c3ccc(OCc4ccccc4)cc3CC[C@H]2[C@@H]1CCO[Si](C)(C)C(C)(C)C. The number of fused-ring (bicyclic) bond motifs is 3. The minimum atomic E-state index is -1.87. The van der Waals surface area contributed by atoms with Crippen molar-refractivity contribution in [1.82, 2.24) is 5.32 Å². The summed E-state index contributed by atoms with van der Waals surface area (Å²) in [4.78, 5) is 13.0. The number of aryl methyl sites for hydroxylation is 1. The summed E-state index contributed by atoms with van der Waals surface area (Å²) in [7, 11) is -0.372. The first-order chi connectivity index (χ1) is 22.4. The molecule has 1 fully saturated rings. The summed E-state index contributed by atoms with van der Waals surface area (Å²) in [5.74, 6) is 2.36. The molecule has 2 aliphatic carbocycles. The quantitative estimate of drug-likeness (QED) is 0.147. The van der Waals surface area contributed by atoms with Gasteiger partial charge in [0, 0.05) is 13.2 Å². The monoisotopic (exact) mass is 655 g/mol. The van der Waals surface area contributed by atoms with Crippen molar-refractivity contribution in [2.45, 2.75) is 103 Å². The van der Waals surface area contributed by atoms with Gasteiger partial charge in [0.2, 0.25) is 0 Å². The molecule has 0 heterocycles. The predicted octanol–water partition coefficient (Wildman–Crippen LogP) is 9.11. The normalized spacial score (nSPS) is 23.3. The number of carbonyl (C=O) groups excluding carboxylic acids is 1. The van der Waals surface area contributed by atoms with Crippen LogP contribution in [0.25, 0.3) is 0 Å². The van der Waals surface area contributed by atoms with Crippen molar-refractivity contribution in [2.24, 2.45) is 17.3 Å². The zero-order valence-electron chi connectivity index (χ0n) is 29.8. The van der Waals surface area contributed by atoms with E-state index in [0.717, 1.165) is 50.1 Å². The van der Waals surface area contributed by atoms with Crippen LogP contribution >= 0.6 is 0 Å². The van der Waals surface area contributed by atoms with Crippen LogP contribution in [-0.2, 0) is 33.4 Å². The standard InChI is InChI=1S/C41H57NO4Si/c1-40(2,3)47(6,7)46-25-23-37-36-20-18-32-27-33(45-28-31-16-12-9-13-17-31)19-21-34(32)35(36)22-24-41(37,4)29-42-38(39(43)44-5)26-30-14-10-8-11-15-30/h8-17,19,21,27,35-38,42H,18,20,22-26,28-29H2,1-7H3/t35-,36-,37+,38+,41-/m1/s1. The second-order valence-electron chi connectivity index (χ2n) is 15.8. The number of nitrogens with one attached hydrogen (secondary N) is 1. The highest BCUT2D eigenvalue weighted by atomic mass is 28.4. The maximum atomic E-state index is 13.0. The third-order valence-electron chi connectivity index (χ3n) is 11.7. The van der Waals surface area contributed by atoms with E-state index in [2.05, 4.69) is 101 Å². The van der Waals surface area contributed by atoms with Crippen LogP contribution in [0.2, 0.25) is 18.1 Å². The number of methoxy groups -OCH3 is 1. The van der Waals surface area contributed by atoms with E-state index in [1.165, 1.54) is 30.2 Å². The third-order valence-corrected chi connectivity index (χ3v) is 16.2. The van der Waals surface area contributed by atoms with Crippen LogP contribution in [0.3, 0.4) is 0 Å². The average Bonchev–Trinajstić information content (AvgIpc) is 3.06. The van der Waals surface area contributed by atoms with Crippen molar-refractivity contribution < 1.29 is 18.7 Å². The lowest BCUT2D eigenvalue weighted by atomic mass is 9.54. The highest BCUT2D eigenvalue weighted by Crippen LogP contribution is 2.56. The Morgan fingerprint density at radius 3 is 2.32 bits per heavy atom. The molecule has 5 rings (SSSR count). The van der Waals surface area contributed by atoms with Gasteiger partial charge in [-0.1, -0.05) is 94.4 Å². The van der Waals surface area contributed by atoms with E-state index < -0.39 is 8.32 Å². The molecule has 47 heavy (non-hydrogen) atoms. The Labute approximate surface area is 284 Å².